The van der Waals surface area contributed by atoms with Crippen LogP contribution in [0.4, 0.5) is 13.2 Å². The molecule has 0 atom stereocenters. The summed E-state index contributed by atoms with van der Waals surface area (Å²) in [7, 11) is 0. The van der Waals surface area contributed by atoms with Crippen molar-refractivity contribution in [3.8, 4) is 5.75 Å². The van der Waals surface area contributed by atoms with Crippen LogP contribution in [0.1, 0.15) is 36.8 Å². The number of carbonyl (C=O) groups is 1. The Morgan fingerprint density at radius 3 is 2.52 bits per heavy atom. The molecule has 0 aromatic heterocycles. The van der Waals surface area contributed by atoms with Crippen LogP contribution in [-0.4, -0.2) is 17.2 Å². The maximum absolute atomic E-state index is 13.1. The molecule has 3 nitrogen and oxygen atoms in total. The largest absolute Gasteiger partial charge is 0.490 e. The molecular formula is C15H15F3O3. The minimum absolute atomic E-state index is 0.170. The van der Waals surface area contributed by atoms with E-state index >= 15 is 0 Å². The molecule has 1 aromatic rings. The predicted molar refractivity (Wildman–Crippen MR) is 71.0 cm³/mol. The molecule has 0 amide bonds. The molecule has 0 unspecified atom stereocenters. The summed E-state index contributed by atoms with van der Waals surface area (Å²) in [5.41, 5.74) is -0.703. The molecule has 1 saturated carbocycles. The summed E-state index contributed by atoms with van der Waals surface area (Å²) < 4.78 is 44.7. The van der Waals surface area contributed by atoms with E-state index in [0.717, 1.165) is 43.9 Å². The summed E-state index contributed by atoms with van der Waals surface area (Å²) in [4.78, 5) is 10.4. The molecule has 0 saturated heterocycles. The van der Waals surface area contributed by atoms with Crippen molar-refractivity contribution >= 4 is 12.0 Å². The molecule has 0 radical (unpaired) electrons. The number of ether oxygens (including phenoxy) is 1. The van der Waals surface area contributed by atoms with Gasteiger partial charge in [0.05, 0.1) is 11.7 Å². The molecular weight excluding hydrogens is 285 g/mol. The fraction of sp³-hybridized carbons (Fsp3) is 0.400. The third-order valence-corrected chi connectivity index (χ3v) is 3.32. The minimum atomic E-state index is -4.54. The molecule has 1 N–H and O–H groups in total. The van der Waals surface area contributed by atoms with Gasteiger partial charge in [0, 0.05) is 6.08 Å². The maximum Gasteiger partial charge on any atom is 0.419 e. The molecule has 1 aliphatic rings. The molecule has 0 aliphatic heterocycles. The Bertz CT molecular complexity index is 544. The van der Waals surface area contributed by atoms with Gasteiger partial charge in [-0.3, -0.25) is 0 Å². The van der Waals surface area contributed by atoms with Crippen LogP contribution in [0.25, 0.3) is 6.08 Å². The van der Waals surface area contributed by atoms with Crippen LogP contribution >= 0.6 is 0 Å². The van der Waals surface area contributed by atoms with E-state index in [-0.39, 0.29) is 17.4 Å². The first-order valence-corrected chi connectivity index (χ1v) is 6.65. The number of hydrogen-bond acceptors (Lipinski definition) is 2. The van der Waals surface area contributed by atoms with Crippen LogP contribution in [0, 0.1) is 0 Å². The van der Waals surface area contributed by atoms with Crippen LogP contribution in [0.2, 0.25) is 0 Å². The molecule has 114 valence electrons. The highest BCUT2D eigenvalue weighted by Gasteiger charge is 2.35. The van der Waals surface area contributed by atoms with E-state index in [1.165, 1.54) is 12.1 Å². The van der Waals surface area contributed by atoms with Crippen molar-refractivity contribution in [2.75, 3.05) is 0 Å². The first kappa shape index (κ1) is 15.4. The lowest BCUT2D eigenvalue weighted by Crippen LogP contribution is -2.15. The number of hydrogen-bond donors (Lipinski definition) is 1. The van der Waals surface area contributed by atoms with Gasteiger partial charge in [-0.2, -0.15) is 13.2 Å². The van der Waals surface area contributed by atoms with Gasteiger partial charge in [-0.05, 0) is 49.5 Å². The van der Waals surface area contributed by atoms with E-state index in [1.807, 2.05) is 0 Å². The monoisotopic (exact) mass is 300 g/mol. The molecule has 0 spiro atoms. The van der Waals surface area contributed by atoms with Crippen molar-refractivity contribution in [3.63, 3.8) is 0 Å². The lowest BCUT2D eigenvalue weighted by atomic mass is 10.1. The standard InChI is InChI=1S/C15H15F3O3/c16-15(17,18)12-9-10(6-8-14(19)20)5-7-13(12)21-11-3-1-2-4-11/h5-9,11H,1-4H2,(H,19,20). The van der Waals surface area contributed by atoms with Crippen LogP contribution in [0.5, 0.6) is 5.75 Å². The van der Waals surface area contributed by atoms with Crippen LogP contribution in [-0.2, 0) is 11.0 Å². The lowest BCUT2D eigenvalue weighted by molar-refractivity contribution is -0.139. The van der Waals surface area contributed by atoms with Crippen LogP contribution in [0.3, 0.4) is 0 Å². The SMILES string of the molecule is O=C(O)C=Cc1ccc(OC2CCCC2)c(C(F)(F)F)c1. The normalized spacial score (nSPS) is 16.5. The zero-order chi connectivity index (χ0) is 15.5. The van der Waals surface area contributed by atoms with Gasteiger partial charge in [-0.25, -0.2) is 4.79 Å². The number of halogens is 3. The van der Waals surface area contributed by atoms with Crippen molar-refractivity contribution in [2.24, 2.45) is 0 Å². The van der Waals surface area contributed by atoms with Crippen molar-refractivity contribution in [2.45, 2.75) is 38.0 Å². The summed E-state index contributed by atoms with van der Waals surface area (Å²) in [6.45, 7) is 0. The quantitative estimate of drug-likeness (QED) is 0.851. The molecule has 1 fully saturated rings. The fourth-order valence-corrected chi connectivity index (χ4v) is 2.33. The van der Waals surface area contributed by atoms with Crippen LogP contribution < -0.4 is 4.74 Å². The molecule has 1 aromatic carbocycles. The minimum Gasteiger partial charge on any atom is -0.490 e. The van der Waals surface area contributed by atoms with Gasteiger partial charge in [-0.1, -0.05) is 6.07 Å². The summed E-state index contributed by atoms with van der Waals surface area (Å²) in [5.74, 6) is -1.41. The summed E-state index contributed by atoms with van der Waals surface area (Å²) in [6, 6.07) is 3.57. The Morgan fingerprint density at radius 2 is 1.95 bits per heavy atom. The second kappa shape index (κ2) is 6.20. The fourth-order valence-electron chi connectivity index (χ4n) is 2.33. The Morgan fingerprint density at radius 1 is 1.29 bits per heavy atom. The van der Waals surface area contributed by atoms with E-state index in [4.69, 9.17) is 9.84 Å². The van der Waals surface area contributed by atoms with E-state index in [9.17, 15) is 18.0 Å². The first-order chi connectivity index (χ1) is 9.86. The molecule has 21 heavy (non-hydrogen) atoms. The highest BCUT2D eigenvalue weighted by molar-refractivity contribution is 5.85. The highest BCUT2D eigenvalue weighted by Crippen LogP contribution is 2.38. The number of carboxylic acid groups (broad SMARTS) is 1. The topological polar surface area (TPSA) is 46.5 Å². The van der Waals surface area contributed by atoms with Gasteiger partial charge >= 0.3 is 12.1 Å². The first-order valence-electron chi connectivity index (χ1n) is 6.65. The van der Waals surface area contributed by atoms with Crippen LogP contribution in [0.15, 0.2) is 24.3 Å². The Balaban J connectivity index is 2.29. The predicted octanol–water partition coefficient (Wildman–Crippen LogP) is 4.12. The molecule has 6 heteroatoms. The summed E-state index contributed by atoms with van der Waals surface area (Å²) in [6.07, 6.45) is 0.657. The van der Waals surface area contributed by atoms with Gasteiger partial charge < -0.3 is 9.84 Å². The molecule has 1 aliphatic carbocycles. The number of rotatable bonds is 4. The van der Waals surface area contributed by atoms with Gasteiger partial charge in [0.15, 0.2) is 0 Å². The van der Waals surface area contributed by atoms with Crippen molar-refractivity contribution < 1.29 is 27.8 Å². The van der Waals surface area contributed by atoms with Crippen molar-refractivity contribution in [3.05, 3.63) is 35.4 Å². The number of carboxylic acids is 1. The highest BCUT2D eigenvalue weighted by atomic mass is 19.4. The Labute approximate surface area is 120 Å². The van der Waals surface area contributed by atoms with Gasteiger partial charge in [0.1, 0.15) is 5.75 Å². The summed E-state index contributed by atoms with van der Waals surface area (Å²) in [5, 5.41) is 8.51. The second-order valence-corrected chi connectivity index (χ2v) is 4.95. The number of alkyl halides is 3. The zero-order valence-electron chi connectivity index (χ0n) is 11.2. The average Bonchev–Trinajstić information content (AvgIpc) is 2.89. The maximum atomic E-state index is 13.1. The van der Waals surface area contributed by atoms with E-state index in [2.05, 4.69) is 0 Å². The third-order valence-electron chi connectivity index (χ3n) is 3.32. The zero-order valence-corrected chi connectivity index (χ0v) is 11.2. The van der Waals surface area contributed by atoms with Crippen molar-refractivity contribution in [1.29, 1.82) is 0 Å². The van der Waals surface area contributed by atoms with Gasteiger partial charge in [0.25, 0.3) is 0 Å². The Kier molecular flexibility index (Phi) is 4.55. The lowest BCUT2D eigenvalue weighted by Gasteiger charge is -2.18. The van der Waals surface area contributed by atoms with E-state index in [0.29, 0.717) is 0 Å². The van der Waals surface area contributed by atoms with E-state index in [1.54, 1.807) is 0 Å². The summed E-state index contributed by atoms with van der Waals surface area (Å²) >= 11 is 0. The third kappa shape index (κ3) is 4.24. The second-order valence-electron chi connectivity index (χ2n) is 4.95. The number of aliphatic carboxylic acids is 1. The van der Waals surface area contributed by atoms with Gasteiger partial charge in [-0.15, -0.1) is 0 Å². The molecule has 2 rings (SSSR count). The van der Waals surface area contributed by atoms with Crippen molar-refractivity contribution in [1.82, 2.24) is 0 Å². The Hall–Kier alpha value is -1.98. The molecule has 0 bridgehead atoms. The molecule has 0 heterocycles. The van der Waals surface area contributed by atoms with Gasteiger partial charge in [0.2, 0.25) is 0 Å². The number of benzene rings is 1. The smallest absolute Gasteiger partial charge is 0.419 e. The average molecular weight is 300 g/mol. The van der Waals surface area contributed by atoms with E-state index < -0.39 is 17.7 Å².